The van der Waals surface area contributed by atoms with E-state index in [2.05, 4.69) is 5.32 Å². The summed E-state index contributed by atoms with van der Waals surface area (Å²) in [6.45, 7) is 6.73. The molecule has 0 aromatic heterocycles. The van der Waals surface area contributed by atoms with Crippen LogP contribution in [0.2, 0.25) is 0 Å². The highest BCUT2D eigenvalue weighted by Gasteiger charge is 2.21. The summed E-state index contributed by atoms with van der Waals surface area (Å²) in [5, 5.41) is 12.7. The highest BCUT2D eigenvalue weighted by atomic mass is 32.2. The summed E-state index contributed by atoms with van der Waals surface area (Å²) >= 11 is 0.900. The molecule has 0 unspecified atom stereocenters. The summed E-state index contributed by atoms with van der Waals surface area (Å²) in [5.74, 6) is 0. The van der Waals surface area contributed by atoms with Gasteiger partial charge in [0.25, 0.3) is 5.69 Å². The number of carbonyl (C=O) groups is 2. The smallest absolute Gasteiger partial charge is 0.408 e. The minimum absolute atomic E-state index is 0.0447. The van der Waals surface area contributed by atoms with Crippen LogP contribution in [0, 0.1) is 10.1 Å². The van der Waals surface area contributed by atoms with Gasteiger partial charge in [-0.25, -0.2) is 4.79 Å². The van der Waals surface area contributed by atoms with Gasteiger partial charge in [0.05, 0.1) is 11.0 Å². The molecule has 0 saturated heterocycles. The van der Waals surface area contributed by atoms with Crippen LogP contribution < -0.4 is 5.32 Å². The highest BCUT2D eigenvalue weighted by Crippen LogP contribution is 2.23. The molecule has 22 heavy (non-hydrogen) atoms. The van der Waals surface area contributed by atoms with Crippen molar-refractivity contribution in [1.82, 2.24) is 5.32 Å². The molecule has 1 rings (SSSR count). The maximum Gasteiger partial charge on any atom is 0.408 e. The van der Waals surface area contributed by atoms with Gasteiger partial charge in [-0.05, 0) is 51.6 Å². The number of nitrogens with one attached hydrogen (secondary N) is 1. The molecule has 0 fully saturated rings. The van der Waals surface area contributed by atoms with Crippen LogP contribution in [0.1, 0.15) is 27.7 Å². The van der Waals surface area contributed by atoms with Crippen LogP contribution in [0.3, 0.4) is 0 Å². The first-order valence-electron chi connectivity index (χ1n) is 6.54. The second-order valence-corrected chi connectivity index (χ2v) is 6.62. The molecule has 0 spiro atoms. The molecule has 0 saturated carbocycles. The maximum absolute atomic E-state index is 12.0. The van der Waals surface area contributed by atoms with Gasteiger partial charge in [-0.15, -0.1) is 0 Å². The van der Waals surface area contributed by atoms with Crippen molar-refractivity contribution >= 4 is 28.7 Å². The monoisotopic (exact) mass is 326 g/mol. The van der Waals surface area contributed by atoms with E-state index in [0.717, 1.165) is 11.8 Å². The number of rotatable bonds is 4. The molecule has 7 nitrogen and oxygen atoms in total. The van der Waals surface area contributed by atoms with Gasteiger partial charge in [0.2, 0.25) is 5.12 Å². The van der Waals surface area contributed by atoms with Crippen molar-refractivity contribution in [2.24, 2.45) is 0 Å². The van der Waals surface area contributed by atoms with Gasteiger partial charge < -0.3 is 10.1 Å². The Labute approximate surface area is 132 Å². The van der Waals surface area contributed by atoms with Crippen molar-refractivity contribution in [2.45, 2.75) is 44.2 Å². The average molecular weight is 326 g/mol. The normalized spacial score (nSPS) is 12.4. The largest absolute Gasteiger partial charge is 0.444 e. The lowest BCUT2D eigenvalue weighted by molar-refractivity contribution is -0.384. The number of ether oxygens (including phenoxy) is 1. The Kier molecular flexibility index (Phi) is 5.92. The van der Waals surface area contributed by atoms with Crippen molar-refractivity contribution < 1.29 is 19.2 Å². The number of alkyl carbamates (subject to hydrolysis) is 1. The third-order valence-corrected chi connectivity index (χ3v) is 3.42. The first-order valence-corrected chi connectivity index (χ1v) is 7.36. The molecule has 1 aromatic rings. The summed E-state index contributed by atoms with van der Waals surface area (Å²) in [6.07, 6.45) is -0.669. The zero-order valence-corrected chi connectivity index (χ0v) is 13.6. The molecule has 8 heteroatoms. The molecule has 1 atom stereocenters. The Bertz CT molecular complexity index is 566. The molecule has 0 aliphatic rings. The van der Waals surface area contributed by atoms with E-state index in [-0.39, 0.29) is 10.8 Å². The Hall–Kier alpha value is -2.09. The van der Waals surface area contributed by atoms with E-state index in [4.69, 9.17) is 4.74 Å². The fraction of sp³-hybridized carbons (Fsp3) is 0.429. The quantitative estimate of drug-likeness (QED) is 0.518. The van der Waals surface area contributed by atoms with Crippen LogP contribution in [0.5, 0.6) is 0 Å². The second kappa shape index (κ2) is 7.26. The molecule has 0 heterocycles. The summed E-state index contributed by atoms with van der Waals surface area (Å²) in [7, 11) is 0. The molecule has 1 amide bonds. The fourth-order valence-corrected chi connectivity index (χ4v) is 2.12. The van der Waals surface area contributed by atoms with Crippen molar-refractivity contribution in [3.05, 3.63) is 34.4 Å². The lowest BCUT2D eigenvalue weighted by atomic mass is 10.2. The molecule has 0 radical (unpaired) electrons. The van der Waals surface area contributed by atoms with Crippen LogP contribution in [-0.2, 0) is 9.53 Å². The van der Waals surface area contributed by atoms with Crippen molar-refractivity contribution in [2.75, 3.05) is 0 Å². The Morgan fingerprint density at radius 3 is 2.27 bits per heavy atom. The van der Waals surface area contributed by atoms with Gasteiger partial charge in [-0.3, -0.25) is 14.9 Å². The van der Waals surface area contributed by atoms with Crippen LogP contribution in [-0.4, -0.2) is 27.8 Å². The molecule has 1 N–H and O–H groups in total. The predicted molar refractivity (Wildman–Crippen MR) is 82.8 cm³/mol. The second-order valence-electron chi connectivity index (χ2n) is 5.54. The minimum Gasteiger partial charge on any atom is -0.444 e. The summed E-state index contributed by atoms with van der Waals surface area (Å²) in [6, 6.07) is 4.88. The van der Waals surface area contributed by atoms with Crippen molar-refractivity contribution in [1.29, 1.82) is 0 Å². The Morgan fingerprint density at radius 2 is 1.82 bits per heavy atom. The highest BCUT2D eigenvalue weighted by molar-refractivity contribution is 8.13. The number of nitro benzene ring substituents is 1. The van der Waals surface area contributed by atoms with Gasteiger partial charge in [-0.2, -0.15) is 0 Å². The molecular weight excluding hydrogens is 308 g/mol. The van der Waals surface area contributed by atoms with E-state index >= 15 is 0 Å². The lowest BCUT2D eigenvalue weighted by Crippen LogP contribution is -2.40. The molecule has 1 aromatic carbocycles. The van der Waals surface area contributed by atoms with Gasteiger partial charge >= 0.3 is 6.09 Å². The topological polar surface area (TPSA) is 98.5 Å². The number of hydrogen-bond donors (Lipinski definition) is 1. The van der Waals surface area contributed by atoms with Crippen LogP contribution in [0.15, 0.2) is 29.2 Å². The summed E-state index contributed by atoms with van der Waals surface area (Å²) in [4.78, 5) is 34.2. The maximum atomic E-state index is 12.0. The zero-order valence-electron chi connectivity index (χ0n) is 12.8. The van der Waals surface area contributed by atoms with Gasteiger partial charge in [0.15, 0.2) is 0 Å². The third kappa shape index (κ3) is 6.13. The SMILES string of the molecule is C[C@H](NC(=O)OC(C)(C)C)C(=O)Sc1ccc([N+](=O)[O-])cc1. The number of carbonyl (C=O) groups excluding carboxylic acids is 2. The first kappa shape index (κ1) is 18.0. The van der Waals surface area contributed by atoms with Gasteiger partial charge in [-0.1, -0.05) is 0 Å². The van der Waals surface area contributed by atoms with E-state index in [1.165, 1.54) is 24.3 Å². The molecular formula is C14H18N2O5S. The number of amides is 1. The molecule has 0 aliphatic carbocycles. The van der Waals surface area contributed by atoms with Crippen molar-refractivity contribution in [3.8, 4) is 0 Å². The van der Waals surface area contributed by atoms with Gasteiger partial charge in [0, 0.05) is 17.0 Å². The zero-order chi connectivity index (χ0) is 16.9. The molecule has 0 bridgehead atoms. The lowest BCUT2D eigenvalue weighted by Gasteiger charge is -2.21. The number of thioether (sulfide) groups is 1. The van der Waals surface area contributed by atoms with Crippen molar-refractivity contribution in [3.63, 3.8) is 0 Å². The standard InChI is InChI=1S/C14H18N2O5S/c1-9(15-13(18)21-14(2,3)4)12(17)22-11-7-5-10(6-8-11)16(19)20/h5-9H,1-4H3,(H,15,18)/t9-/m0/s1. The fourth-order valence-electron chi connectivity index (χ4n) is 1.38. The summed E-state index contributed by atoms with van der Waals surface area (Å²) in [5.41, 5.74) is -0.685. The van der Waals surface area contributed by atoms with E-state index in [1.54, 1.807) is 27.7 Å². The number of nitro groups is 1. The van der Waals surface area contributed by atoms with E-state index < -0.39 is 22.7 Å². The summed E-state index contributed by atoms with van der Waals surface area (Å²) < 4.78 is 5.06. The van der Waals surface area contributed by atoms with Crippen LogP contribution in [0.4, 0.5) is 10.5 Å². The third-order valence-electron chi connectivity index (χ3n) is 2.35. The number of benzene rings is 1. The number of hydrogen-bond acceptors (Lipinski definition) is 6. The Balaban J connectivity index is 2.57. The van der Waals surface area contributed by atoms with Gasteiger partial charge in [0.1, 0.15) is 5.60 Å². The van der Waals surface area contributed by atoms with E-state index in [1.807, 2.05) is 0 Å². The average Bonchev–Trinajstić information content (AvgIpc) is 2.36. The van der Waals surface area contributed by atoms with E-state index in [9.17, 15) is 19.7 Å². The van der Waals surface area contributed by atoms with E-state index in [0.29, 0.717) is 4.90 Å². The molecule has 0 aliphatic heterocycles. The molecule has 120 valence electrons. The van der Waals surface area contributed by atoms with Crippen LogP contribution >= 0.6 is 11.8 Å². The van der Waals surface area contributed by atoms with Crippen LogP contribution in [0.25, 0.3) is 0 Å². The number of nitrogens with zero attached hydrogens (tertiary/aromatic N) is 1. The Morgan fingerprint density at radius 1 is 1.27 bits per heavy atom. The predicted octanol–water partition coefficient (Wildman–Crippen LogP) is 3.13. The first-order chi connectivity index (χ1) is 10.1. The number of non-ortho nitro benzene ring substituents is 1. The minimum atomic E-state index is -0.741.